The van der Waals surface area contributed by atoms with Gasteiger partial charge in [-0.2, -0.15) is 0 Å². The van der Waals surface area contributed by atoms with Gasteiger partial charge in [0.1, 0.15) is 11.6 Å². The van der Waals surface area contributed by atoms with E-state index in [1.807, 2.05) is 18.2 Å². The Morgan fingerprint density at radius 1 is 1.11 bits per heavy atom. The van der Waals surface area contributed by atoms with Crippen molar-refractivity contribution >= 4 is 28.3 Å². The Morgan fingerprint density at radius 3 is 2.67 bits per heavy atom. The van der Waals surface area contributed by atoms with Gasteiger partial charge in [-0.15, -0.1) is 0 Å². The smallest absolute Gasteiger partial charge is 0.153 e. The number of rotatable bonds is 1. The van der Waals surface area contributed by atoms with Crippen LogP contribution in [0.4, 0.5) is 10.1 Å². The Kier molecular flexibility index (Phi) is 2.49. The average Bonchev–Trinajstić information content (AvgIpc) is 2.74. The number of furan rings is 1. The summed E-state index contributed by atoms with van der Waals surface area (Å²) in [5.41, 5.74) is 7.38. The molecule has 2 N–H and O–H groups in total. The molecule has 0 aliphatic rings. The molecule has 3 aromatic rings. The number of benzene rings is 2. The molecule has 2 nitrogen and oxygen atoms in total. The van der Waals surface area contributed by atoms with Crippen molar-refractivity contribution in [3.8, 4) is 11.3 Å². The van der Waals surface area contributed by atoms with Crippen LogP contribution in [0, 0.1) is 5.82 Å². The van der Waals surface area contributed by atoms with Gasteiger partial charge in [-0.1, -0.05) is 23.7 Å². The van der Waals surface area contributed by atoms with E-state index < -0.39 is 0 Å². The van der Waals surface area contributed by atoms with Crippen molar-refractivity contribution in [2.75, 3.05) is 5.73 Å². The van der Waals surface area contributed by atoms with Crippen LogP contribution in [-0.2, 0) is 0 Å². The van der Waals surface area contributed by atoms with Gasteiger partial charge in [0, 0.05) is 16.6 Å². The molecule has 4 heteroatoms. The standard InChI is InChI=1S/C14H9ClFNO/c15-11-3-1-2-8-6-13(18-14(8)11)10-5-4-9(16)7-12(10)17/h1-7H,17H2. The molecule has 1 aromatic heterocycles. The van der Waals surface area contributed by atoms with E-state index >= 15 is 0 Å². The van der Waals surface area contributed by atoms with Gasteiger partial charge in [0.25, 0.3) is 0 Å². The molecule has 0 radical (unpaired) electrons. The zero-order chi connectivity index (χ0) is 12.7. The predicted molar refractivity (Wildman–Crippen MR) is 71.0 cm³/mol. The molecule has 0 fully saturated rings. The Hall–Kier alpha value is -2.00. The molecule has 0 aliphatic carbocycles. The lowest BCUT2D eigenvalue weighted by Crippen LogP contribution is -1.89. The average molecular weight is 262 g/mol. The molecule has 0 bridgehead atoms. The van der Waals surface area contributed by atoms with Crippen LogP contribution in [0.15, 0.2) is 46.9 Å². The number of para-hydroxylation sites is 1. The molecule has 2 aromatic carbocycles. The van der Waals surface area contributed by atoms with Gasteiger partial charge in [-0.05, 0) is 30.3 Å². The highest BCUT2D eigenvalue weighted by atomic mass is 35.5. The monoisotopic (exact) mass is 261 g/mol. The van der Waals surface area contributed by atoms with Gasteiger partial charge in [0.2, 0.25) is 0 Å². The molecule has 3 rings (SSSR count). The highest BCUT2D eigenvalue weighted by Crippen LogP contribution is 2.34. The van der Waals surface area contributed by atoms with Crippen LogP contribution in [-0.4, -0.2) is 0 Å². The summed E-state index contributed by atoms with van der Waals surface area (Å²) in [6.07, 6.45) is 0. The van der Waals surface area contributed by atoms with Crippen molar-refractivity contribution in [3.05, 3.63) is 53.3 Å². The number of halogens is 2. The quantitative estimate of drug-likeness (QED) is 0.656. The fourth-order valence-corrected chi connectivity index (χ4v) is 2.14. The van der Waals surface area contributed by atoms with E-state index in [4.69, 9.17) is 21.8 Å². The molecule has 0 aliphatic heterocycles. The fraction of sp³-hybridized carbons (Fsp3) is 0. The Bertz CT molecular complexity index is 736. The molecule has 0 spiro atoms. The van der Waals surface area contributed by atoms with Crippen LogP contribution in [0.3, 0.4) is 0 Å². The lowest BCUT2D eigenvalue weighted by atomic mass is 10.1. The summed E-state index contributed by atoms with van der Waals surface area (Å²) in [5, 5.41) is 1.43. The third kappa shape index (κ3) is 1.73. The van der Waals surface area contributed by atoms with Crippen LogP contribution in [0.2, 0.25) is 5.02 Å². The summed E-state index contributed by atoms with van der Waals surface area (Å²) in [5.74, 6) is 0.209. The van der Waals surface area contributed by atoms with Crippen LogP contribution in [0.1, 0.15) is 0 Å². The van der Waals surface area contributed by atoms with Gasteiger partial charge in [0.15, 0.2) is 5.58 Å². The summed E-state index contributed by atoms with van der Waals surface area (Å²) in [4.78, 5) is 0. The second-order valence-electron chi connectivity index (χ2n) is 4.00. The third-order valence-corrected chi connectivity index (χ3v) is 3.07. The summed E-state index contributed by atoms with van der Waals surface area (Å²) >= 11 is 6.04. The van der Waals surface area contributed by atoms with E-state index in [2.05, 4.69) is 0 Å². The number of fused-ring (bicyclic) bond motifs is 1. The van der Waals surface area contributed by atoms with Gasteiger partial charge in [0.05, 0.1) is 5.02 Å². The molecule has 90 valence electrons. The molecule has 18 heavy (non-hydrogen) atoms. The topological polar surface area (TPSA) is 39.2 Å². The molecule has 0 saturated carbocycles. The van der Waals surface area contributed by atoms with Crippen LogP contribution in [0.25, 0.3) is 22.3 Å². The van der Waals surface area contributed by atoms with E-state index in [-0.39, 0.29) is 5.82 Å². The van der Waals surface area contributed by atoms with Gasteiger partial charge in [-0.25, -0.2) is 4.39 Å². The van der Waals surface area contributed by atoms with E-state index in [0.29, 0.717) is 27.6 Å². The van der Waals surface area contributed by atoms with Crippen LogP contribution < -0.4 is 5.73 Å². The summed E-state index contributed by atoms with van der Waals surface area (Å²) < 4.78 is 18.7. The molecule has 0 amide bonds. The normalized spacial score (nSPS) is 11.0. The van der Waals surface area contributed by atoms with Crippen LogP contribution in [0.5, 0.6) is 0 Å². The van der Waals surface area contributed by atoms with E-state index in [1.165, 1.54) is 12.1 Å². The van der Waals surface area contributed by atoms with Crippen molar-refractivity contribution in [1.82, 2.24) is 0 Å². The van der Waals surface area contributed by atoms with Crippen molar-refractivity contribution in [1.29, 1.82) is 0 Å². The van der Waals surface area contributed by atoms with E-state index in [1.54, 1.807) is 12.1 Å². The number of anilines is 1. The minimum atomic E-state index is -0.370. The lowest BCUT2D eigenvalue weighted by Gasteiger charge is -2.01. The van der Waals surface area contributed by atoms with Crippen molar-refractivity contribution < 1.29 is 8.81 Å². The highest BCUT2D eigenvalue weighted by Gasteiger charge is 2.11. The Morgan fingerprint density at radius 2 is 1.94 bits per heavy atom. The number of hydrogen-bond acceptors (Lipinski definition) is 2. The molecular formula is C14H9ClFNO. The van der Waals surface area contributed by atoms with E-state index in [9.17, 15) is 4.39 Å². The third-order valence-electron chi connectivity index (χ3n) is 2.78. The molecule has 0 saturated heterocycles. The minimum Gasteiger partial charge on any atom is -0.454 e. The maximum atomic E-state index is 13.0. The lowest BCUT2D eigenvalue weighted by molar-refractivity contribution is 0.624. The maximum Gasteiger partial charge on any atom is 0.153 e. The predicted octanol–water partition coefficient (Wildman–Crippen LogP) is 4.47. The fourth-order valence-electron chi connectivity index (χ4n) is 1.92. The maximum absolute atomic E-state index is 13.0. The Balaban J connectivity index is 2.23. The number of nitrogens with two attached hydrogens (primary N) is 1. The largest absolute Gasteiger partial charge is 0.454 e. The van der Waals surface area contributed by atoms with E-state index in [0.717, 1.165) is 5.39 Å². The molecule has 0 atom stereocenters. The summed E-state index contributed by atoms with van der Waals surface area (Å²) in [7, 11) is 0. The van der Waals surface area contributed by atoms with Gasteiger partial charge >= 0.3 is 0 Å². The first kappa shape index (κ1) is 11.1. The van der Waals surface area contributed by atoms with Gasteiger partial charge < -0.3 is 10.2 Å². The molecular weight excluding hydrogens is 253 g/mol. The summed E-state index contributed by atoms with van der Waals surface area (Å²) in [6, 6.07) is 11.5. The highest BCUT2D eigenvalue weighted by molar-refractivity contribution is 6.34. The zero-order valence-corrected chi connectivity index (χ0v) is 10.0. The first-order chi connectivity index (χ1) is 8.65. The number of hydrogen-bond donors (Lipinski definition) is 1. The number of nitrogen functional groups attached to an aromatic ring is 1. The second-order valence-corrected chi connectivity index (χ2v) is 4.41. The first-order valence-electron chi connectivity index (χ1n) is 5.38. The second kappa shape index (κ2) is 4.03. The van der Waals surface area contributed by atoms with Gasteiger partial charge in [-0.3, -0.25) is 0 Å². The molecule has 0 unspecified atom stereocenters. The van der Waals surface area contributed by atoms with Crippen LogP contribution >= 0.6 is 11.6 Å². The van der Waals surface area contributed by atoms with Crippen molar-refractivity contribution in [2.24, 2.45) is 0 Å². The minimum absolute atomic E-state index is 0.338. The summed E-state index contributed by atoms with van der Waals surface area (Å²) in [6.45, 7) is 0. The SMILES string of the molecule is Nc1cc(F)ccc1-c1cc2cccc(Cl)c2o1. The molecule has 1 heterocycles. The van der Waals surface area contributed by atoms with Crippen molar-refractivity contribution in [2.45, 2.75) is 0 Å². The van der Waals surface area contributed by atoms with Crippen molar-refractivity contribution in [3.63, 3.8) is 0 Å². The Labute approximate surface area is 108 Å². The first-order valence-corrected chi connectivity index (χ1v) is 5.76. The zero-order valence-electron chi connectivity index (χ0n) is 9.28.